The van der Waals surface area contributed by atoms with Crippen molar-refractivity contribution in [1.29, 1.82) is 0 Å². The largest absolute Gasteiger partial charge is 0.478 e. The molecular weight excluding hydrogens is 274 g/mol. The second-order valence-corrected chi connectivity index (χ2v) is 4.10. The first-order chi connectivity index (χ1) is 7.58. The molecule has 0 saturated carbocycles. The third-order valence-corrected chi connectivity index (χ3v) is 2.48. The van der Waals surface area contributed by atoms with Crippen molar-refractivity contribution < 1.29 is 9.90 Å². The normalized spacial score (nSPS) is 10.3. The van der Waals surface area contributed by atoms with E-state index in [0.29, 0.717) is 11.4 Å². The number of carboxylic acid groups (broad SMARTS) is 1. The summed E-state index contributed by atoms with van der Waals surface area (Å²) in [4.78, 5) is 10.7. The van der Waals surface area contributed by atoms with Crippen LogP contribution in [0, 0.1) is 0 Å². The Balaban J connectivity index is 2.47. The Kier molecular flexibility index (Phi) is 2.66. The maximum Gasteiger partial charge on any atom is 0.335 e. The first-order valence-electron chi connectivity index (χ1n) is 4.41. The number of aromatic nitrogens is 2. The number of rotatable bonds is 2. The summed E-state index contributed by atoms with van der Waals surface area (Å²) in [6.07, 6.45) is 3.37. The zero-order chi connectivity index (χ0) is 11.7. The number of halogens is 1. The highest BCUT2D eigenvalue weighted by molar-refractivity contribution is 9.10. The third kappa shape index (κ3) is 1.92. The molecule has 0 amide bonds. The molecule has 0 unspecified atom stereocenters. The highest BCUT2D eigenvalue weighted by Crippen LogP contribution is 2.20. The van der Waals surface area contributed by atoms with Gasteiger partial charge in [0.05, 0.1) is 27.6 Å². The van der Waals surface area contributed by atoms with Crippen LogP contribution in [-0.4, -0.2) is 20.9 Å². The maximum atomic E-state index is 10.7. The molecule has 0 bridgehead atoms. The lowest BCUT2D eigenvalue weighted by Crippen LogP contribution is -2.03. The van der Waals surface area contributed by atoms with Gasteiger partial charge in [-0.1, -0.05) is 0 Å². The van der Waals surface area contributed by atoms with E-state index < -0.39 is 5.97 Å². The number of benzene rings is 1. The van der Waals surface area contributed by atoms with Gasteiger partial charge in [-0.25, -0.2) is 9.48 Å². The third-order valence-electron chi connectivity index (χ3n) is 2.07. The lowest BCUT2D eigenvalue weighted by molar-refractivity contribution is 0.0697. The molecule has 16 heavy (non-hydrogen) atoms. The van der Waals surface area contributed by atoms with Crippen LogP contribution in [0.4, 0.5) is 5.69 Å². The highest BCUT2D eigenvalue weighted by atomic mass is 79.9. The van der Waals surface area contributed by atoms with E-state index in [1.165, 1.54) is 12.1 Å². The van der Waals surface area contributed by atoms with E-state index in [-0.39, 0.29) is 5.56 Å². The number of hydrogen-bond acceptors (Lipinski definition) is 3. The quantitative estimate of drug-likeness (QED) is 0.824. The zero-order valence-corrected chi connectivity index (χ0v) is 9.68. The number of nitrogen functional groups attached to an aromatic ring is 1. The van der Waals surface area contributed by atoms with E-state index in [1.807, 2.05) is 0 Å². The van der Waals surface area contributed by atoms with E-state index in [4.69, 9.17) is 10.8 Å². The van der Waals surface area contributed by atoms with Crippen LogP contribution in [0.3, 0.4) is 0 Å². The van der Waals surface area contributed by atoms with Crippen LogP contribution < -0.4 is 5.73 Å². The summed E-state index contributed by atoms with van der Waals surface area (Å²) in [5.41, 5.74) is 6.94. The molecule has 0 radical (unpaired) electrons. The van der Waals surface area contributed by atoms with E-state index in [1.54, 1.807) is 23.1 Å². The molecule has 0 fully saturated rings. The van der Waals surface area contributed by atoms with Gasteiger partial charge in [0.2, 0.25) is 0 Å². The molecular formula is C10H8BrN3O2. The standard InChI is InChI=1S/C10H8BrN3O2/c11-7-4-13-14(5-7)9-2-1-6(10(15)16)3-8(9)12/h1-5H,12H2,(H,15,16). The van der Waals surface area contributed by atoms with Gasteiger partial charge in [-0.05, 0) is 34.1 Å². The summed E-state index contributed by atoms with van der Waals surface area (Å²) in [7, 11) is 0. The average Bonchev–Trinajstić information content (AvgIpc) is 2.64. The van der Waals surface area contributed by atoms with Crippen LogP contribution in [0.25, 0.3) is 5.69 Å². The minimum Gasteiger partial charge on any atom is -0.478 e. The Hall–Kier alpha value is -1.82. The molecule has 1 aromatic carbocycles. The minimum absolute atomic E-state index is 0.160. The molecule has 0 aliphatic carbocycles. The van der Waals surface area contributed by atoms with Gasteiger partial charge in [0.15, 0.2) is 0 Å². The SMILES string of the molecule is Nc1cc(C(=O)O)ccc1-n1cc(Br)cn1. The lowest BCUT2D eigenvalue weighted by Gasteiger charge is -2.06. The van der Waals surface area contributed by atoms with Gasteiger partial charge in [-0.15, -0.1) is 0 Å². The van der Waals surface area contributed by atoms with Crippen LogP contribution in [-0.2, 0) is 0 Å². The Labute approximate surface area is 99.6 Å². The highest BCUT2D eigenvalue weighted by Gasteiger charge is 2.08. The van der Waals surface area contributed by atoms with E-state index in [2.05, 4.69) is 21.0 Å². The van der Waals surface area contributed by atoms with Crippen molar-refractivity contribution in [3.63, 3.8) is 0 Å². The van der Waals surface area contributed by atoms with Crippen molar-refractivity contribution in [2.45, 2.75) is 0 Å². The van der Waals surface area contributed by atoms with Crippen molar-refractivity contribution in [1.82, 2.24) is 9.78 Å². The number of nitrogens with zero attached hydrogens (tertiary/aromatic N) is 2. The number of carboxylic acids is 1. The molecule has 5 nitrogen and oxygen atoms in total. The summed E-state index contributed by atoms with van der Waals surface area (Å²) < 4.78 is 2.40. The van der Waals surface area contributed by atoms with Gasteiger partial charge < -0.3 is 10.8 Å². The van der Waals surface area contributed by atoms with Crippen molar-refractivity contribution in [2.75, 3.05) is 5.73 Å². The molecule has 2 rings (SSSR count). The Morgan fingerprint density at radius 3 is 2.75 bits per heavy atom. The Morgan fingerprint density at radius 1 is 1.50 bits per heavy atom. The lowest BCUT2D eigenvalue weighted by atomic mass is 10.2. The molecule has 2 aromatic rings. The molecule has 0 aliphatic heterocycles. The molecule has 82 valence electrons. The van der Waals surface area contributed by atoms with Crippen molar-refractivity contribution in [3.05, 3.63) is 40.6 Å². The van der Waals surface area contributed by atoms with Crippen LogP contribution in [0.15, 0.2) is 35.1 Å². The van der Waals surface area contributed by atoms with Crippen LogP contribution >= 0.6 is 15.9 Å². The second-order valence-electron chi connectivity index (χ2n) is 3.18. The molecule has 0 aliphatic rings. The van der Waals surface area contributed by atoms with E-state index in [9.17, 15) is 4.79 Å². The van der Waals surface area contributed by atoms with Crippen LogP contribution in [0.1, 0.15) is 10.4 Å². The van der Waals surface area contributed by atoms with Crippen molar-refractivity contribution in [2.24, 2.45) is 0 Å². The number of hydrogen-bond donors (Lipinski definition) is 2. The Morgan fingerprint density at radius 2 is 2.25 bits per heavy atom. The fourth-order valence-corrected chi connectivity index (χ4v) is 1.61. The van der Waals surface area contributed by atoms with Gasteiger partial charge in [-0.2, -0.15) is 5.10 Å². The van der Waals surface area contributed by atoms with Gasteiger partial charge in [0, 0.05) is 6.20 Å². The molecule has 0 atom stereocenters. The van der Waals surface area contributed by atoms with E-state index in [0.717, 1.165) is 4.47 Å². The predicted molar refractivity (Wildman–Crippen MR) is 62.6 cm³/mol. The number of carbonyl (C=O) groups is 1. The number of aromatic carboxylic acids is 1. The van der Waals surface area contributed by atoms with Crippen LogP contribution in [0.2, 0.25) is 0 Å². The van der Waals surface area contributed by atoms with Crippen LogP contribution in [0.5, 0.6) is 0 Å². The van der Waals surface area contributed by atoms with E-state index >= 15 is 0 Å². The fraction of sp³-hybridized carbons (Fsp3) is 0. The summed E-state index contributed by atoms with van der Waals surface area (Å²) >= 11 is 3.27. The van der Waals surface area contributed by atoms with Gasteiger partial charge >= 0.3 is 5.97 Å². The van der Waals surface area contributed by atoms with Gasteiger partial charge in [-0.3, -0.25) is 0 Å². The zero-order valence-electron chi connectivity index (χ0n) is 8.09. The predicted octanol–water partition coefficient (Wildman–Crippen LogP) is 1.92. The Bertz CT molecular complexity index is 551. The second kappa shape index (κ2) is 3.97. The molecule has 6 heteroatoms. The molecule has 1 heterocycles. The first-order valence-corrected chi connectivity index (χ1v) is 5.20. The molecule has 3 N–H and O–H groups in total. The van der Waals surface area contributed by atoms with Gasteiger partial charge in [0.1, 0.15) is 0 Å². The summed E-state index contributed by atoms with van der Waals surface area (Å²) in [5.74, 6) is -1.00. The molecule has 0 saturated heterocycles. The average molecular weight is 282 g/mol. The molecule has 0 spiro atoms. The van der Waals surface area contributed by atoms with Crippen molar-refractivity contribution >= 4 is 27.6 Å². The number of nitrogens with two attached hydrogens (primary N) is 1. The maximum absolute atomic E-state index is 10.7. The summed E-state index contributed by atoms with van der Waals surface area (Å²) in [6.45, 7) is 0. The first kappa shape index (κ1) is 10.7. The smallest absolute Gasteiger partial charge is 0.335 e. The minimum atomic E-state index is -1.00. The summed E-state index contributed by atoms with van der Waals surface area (Å²) in [6, 6.07) is 4.52. The topological polar surface area (TPSA) is 81.1 Å². The van der Waals surface area contributed by atoms with Gasteiger partial charge in [0.25, 0.3) is 0 Å². The monoisotopic (exact) mass is 281 g/mol. The van der Waals surface area contributed by atoms with Crippen molar-refractivity contribution in [3.8, 4) is 5.69 Å². The summed E-state index contributed by atoms with van der Waals surface area (Å²) in [5, 5.41) is 12.9. The molecule has 1 aromatic heterocycles. The number of anilines is 1. The fourth-order valence-electron chi connectivity index (χ4n) is 1.33.